The number of carbonyl (C=O) groups is 1. The summed E-state index contributed by atoms with van der Waals surface area (Å²) in [5.41, 5.74) is 4.45. The largest absolute Gasteiger partial charge is 0.450 e. The van der Waals surface area contributed by atoms with E-state index in [-0.39, 0.29) is 6.09 Å². The molecule has 124 valence electrons. The Morgan fingerprint density at radius 1 is 1.35 bits per heavy atom. The second kappa shape index (κ2) is 8.42. The summed E-state index contributed by atoms with van der Waals surface area (Å²) >= 11 is 5.35. The van der Waals surface area contributed by atoms with E-state index in [1.807, 2.05) is 30.0 Å². The highest BCUT2D eigenvalue weighted by molar-refractivity contribution is 7.80. The summed E-state index contributed by atoms with van der Waals surface area (Å²) in [7, 11) is 0. The maximum atomic E-state index is 11.7. The molecule has 8 heteroatoms. The Labute approximate surface area is 141 Å². The third kappa shape index (κ3) is 4.88. The van der Waals surface area contributed by atoms with Crippen LogP contribution in [0.1, 0.15) is 19.5 Å². The summed E-state index contributed by atoms with van der Waals surface area (Å²) in [6.07, 6.45) is 1.46. The number of nitrogens with one attached hydrogen (secondary N) is 1. The van der Waals surface area contributed by atoms with Crippen LogP contribution in [0, 0.1) is 0 Å². The standard InChI is InChI=1S/C15H21N5O2S/c1-3-22-15(21)20-10-8-19(9-11-20)14(23)18-17-12(2)13-6-4-5-7-16-13/h4-7H,3,8-11H2,1-2H3,(H,18,23)/b17-12-. The van der Waals surface area contributed by atoms with E-state index in [1.165, 1.54) is 0 Å². The van der Waals surface area contributed by atoms with Gasteiger partial charge in [0.05, 0.1) is 18.0 Å². The number of hydrogen-bond acceptors (Lipinski definition) is 5. The van der Waals surface area contributed by atoms with Crippen LogP contribution in [0.2, 0.25) is 0 Å². The van der Waals surface area contributed by atoms with Gasteiger partial charge in [0.25, 0.3) is 0 Å². The molecule has 0 radical (unpaired) electrons. The Bertz CT molecular complexity index is 570. The van der Waals surface area contributed by atoms with Crippen molar-refractivity contribution in [2.24, 2.45) is 5.10 Å². The maximum absolute atomic E-state index is 11.7. The van der Waals surface area contributed by atoms with E-state index in [0.717, 1.165) is 11.4 Å². The van der Waals surface area contributed by atoms with E-state index >= 15 is 0 Å². The predicted molar refractivity (Wildman–Crippen MR) is 92.3 cm³/mol. The summed E-state index contributed by atoms with van der Waals surface area (Å²) in [6, 6.07) is 5.66. The molecule has 0 unspecified atom stereocenters. The molecular formula is C15H21N5O2S. The van der Waals surface area contributed by atoms with Gasteiger partial charge < -0.3 is 14.5 Å². The number of ether oxygens (including phenoxy) is 1. The third-order valence-corrected chi connectivity index (χ3v) is 3.80. The number of pyridine rings is 1. The van der Waals surface area contributed by atoms with Crippen molar-refractivity contribution in [3.63, 3.8) is 0 Å². The number of rotatable bonds is 3. The van der Waals surface area contributed by atoms with Crippen LogP contribution in [0.15, 0.2) is 29.5 Å². The molecule has 1 N–H and O–H groups in total. The summed E-state index contributed by atoms with van der Waals surface area (Å²) in [4.78, 5) is 19.6. The van der Waals surface area contributed by atoms with Gasteiger partial charge >= 0.3 is 6.09 Å². The quantitative estimate of drug-likeness (QED) is 0.512. The van der Waals surface area contributed by atoms with E-state index in [1.54, 1.807) is 18.0 Å². The zero-order valence-electron chi connectivity index (χ0n) is 13.4. The van der Waals surface area contributed by atoms with E-state index in [0.29, 0.717) is 37.9 Å². The van der Waals surface area contributed by atoms with E-state index in [9.17, 15) is 4.79 Å². The number of thiocarbonyl (C=S) groups is 1. The highest BCUT2D eigenvalue weighted by Crippen LogP contribution is 2.04. The molecule has 0 aliphatic carbocycles. The van der Waals surface area contributed by atoms with Crippen molar-refractivity contribution < 1.29 is 9.53 Å². The minimum atomic E-state index is -0.268. The molecular weight excluding hydrogens is 314 g/mol. The lowest BCUT2D eigenvalue weighted by molar-refractivity contribution is 0.0919. The van der Waals surface area contributed by atoms with Gasteiger partial charge in [-0.3, -0.25) is 10.4 Å². The smallest absolute Gasteiger partial charge is 0.409 e. The van der Waals surface area contributed by atoms with Crippen LogP contribution in [0.5, 0.6) is 0 Å². The monoisotopic (exact) mass is 335 g/mol. The van der Waals surface area contributed by atoms with Crippen LogP contribution in [0.3, 0.4) is 0 Å². The van der Waals surface area contributed by atoms with Crippen molar-refractivity contribution in [3.8, 4) is 0 Å². The topological polar surface area (TPSA) is 70.1 Å². The van der Waals surface area contributed by atoms with Gasteiger partial charge in [0.2, 0.25) is 0 Å². The van der Waals surface area contributed by atoms with Crippen LogP contribution in [0.25, 0.3) is 0 Å². The Morgan fingerprint density at radius 3 is 2.65 bits per heavy atom. The number of nitrogens with zero attached hydrogens (tertiary/aromatic N) is 4. The molecule has 1 aromatic rings. The third-order valence-electron chi connectivity index (χ3n) is 3.45. The van der Waals surface area contributed by atoms with Crippen LogP contribution >= 0.6 is 12.2 Å². The van der Waals surface area contributed by atoms with Crippen molar-refractivity contribution >= 4 is 29.1 Å². The van der Waals surface area contributed by atoms with Gasteiger partial charge in [-0.25, -0.2) is 4.79 Å². The Balaban J connectivity index is 1.82. The predicted octanol–water partition coefficient (Wildman–Crippen LogP) is 1.45. The Morgan fingerprint density at radius 2 is 2.04 bits per heavy atom. The van der Waals surface area contributed by atoms with Crippen molar-refractivity contribution in [3.05, 3.63) is 30.1 Å². The van der Waals surface area contributed by atoms with Crippen molar-refractivity contribution in [1.29, 1.82) is 0 Å². The molecule has 0 spiro atoms. The minimum absolute atomic E-state index is 0.268. The Hall–Kier alpha value is -2.22. The fourth-order valence-corrected chi connectivity index (χ4v) is 2.37. The molecule has 7 nitrogen and oxygen atoms in total. The molecule has 1 aliphatic heterocycles. The fraction of sp³-hybridized carbons (Fsp3) is 0.467. The van der Waals surface area contributed by atoms with Gasteiger partial charge in [-0.2, -0.15) is 5.10 Å². The van der Waals surface area contributed by atoms with Crippen molar-refractivity contribution in [1.82, 2.24) is 20.2 Å². The highest BCUT2D eigenvalue weighted by Gasteiger charge is 2.23. The van der Waals surface area contributed by atoms with Crippen molar-refractivity contribution in [2.45, 2.75) is 13.8 Å². The summed E-state index contributed by atoms with van der Waals surface area (Å²) in [5.74, 6) is 0. The van der Waals surface area contributed by atoms with Crippen LogP contribution < -0.4 is 5.43 Å². The average molecular weight is 335 g/mol. The van der Waals surface area contributed by atoms with Gasteiger partial charge in [0.1, 0.15) is 0 Å². The lowest BCUT2D eigenvalue weighted by atomic mass is 10.3. The molecule has 1 amide bonds. The lowest BCUT2D eigenvalue weighted by Crippen LogP contribution is -2.52. The zero-order chi connectivity index (χ0) is 16.7. The SMILES string of the molecule is CCOC(=O)N1CCN(C(=S)N/N=C(/C)c2ccccn2)CC1. The van der Waals surface area contributed by atoms with Crippen LogP contribution in [-0.2, 0) is 4.74 Å². The number of amides is 1. The first-order valence-electron chi connectivity index (χ1n) is 7.54. The normalized spacial score (nSPS) is 15.3. The number of aromatic nitrogens is 1. The molecule has 0 saturated carbocycles. The molecule has 1 fully saturated rings. The number of hydrazone groups is 1. The average Bonchev–Trinajstić information content (AvgIpc) is 2.60. The molecule has 0 aromatic carbocycles. The van der Waals surface area contributed by atoms with Crippen LogP contribution in [-0.4, -0.2) is 64.5 Å². The summed E-state index contributed by atoms with van der Waals surface area (Å²) in [6.45, 7) is 6.55. The maximum Gasteiger partial charge on any atom is 0.409 e. The van der Waals surface area contributed by atoms with E-state index < -0.39 is 0 Å². The van der Waals surface area contributed by atoms with Gasteiger partial charge in [0.15, 0.2) is 5.11 Å². The summed E-state index contributed by atoms with van der Waals surface area (Å²) < 4.78 is 5.00. The number of carbonyl (C=O) groups excluding carboxylic acids is 1. The minimum Gasteiger partial charge on any atom is -0.450 e. The molecule has 0 atom stereocenters. The first kappa shape index (κ1) is 17.1. The first-order chi connectivity index (χ1) is 11.1. The van der Waals surface area contributed by atoms with E-state index in [4.69, 9.17) is 17.0 Å². The van der Waals surface area contributed by atoms with E-state index in [2.05, 4.69) is 15.5 Å². The van der Waals surface area contributed by atoms with Gasteiger partial charge in [-0.05, 0) is 38.2 Å². The van der Waals surface area contributed by atoms with Crippen molar-refractivity contribution in [2.75, 3.05) is 32.8 Å². The highest BCUT2D eigenvalue weighted by atomic mass is 32.1. The molecule has 1 saturated heterocycles. The Kier molecular flexibility index (Phi) is 6.28. The van der Waals surface area contributed by atoms with Gasteiger partial charge in [0, 0.05) is 32.4 Å². The summed E-state index contributed by atoms with van der Waals surface area (Å²) in [5, 5.41) is 4.81. The second-order valence-corrected chi connectivity index (χ2v) is 5.39. The molecule has 0 bridgehead atoms. The lowest BCUT2D eigenvalue weighted by Gasteiger charge is -2.34. The second-order valence-electron chi connectivity index (χ2n) is 5.00. The fourth-order valence-electron chi connectivity index (χ4n) is 2.14. The van der Waals surface area contributed by atoms with Gasteiger partial charge in [-0.15, -0.1) is 0 Å². The zero-order valence-corrected chi connectivity index (χ0v) is 14.2. The first-order valence-corrected chi connectivity index (χ1v) is 7.95. The van der Waals surface area contributed by atoms with Gasteiger partial charge in [-0.1, -0.05) is 6.07 Å². The molecule has 2 rings (SSSR count). The molecule has 2 heterocycles. The molecule has 1 aromatic heterocycles. The number of hydrogen-bond donors (Lipinski definition) is 1. The molecule has 23 heavy (non-hydrogen) atoms. The number of piperazine rings is 1. The van der Waals surface area contributed by atoms with Crippen LogP contribution in [0.4, 0.5) is 4.79 Å². The molecule has 1 aliphatic rings.